The van der Waals surface area contributed by atoms with Crippen molar-refractivity contribution in [2.75, 3.05) is 0 Å². The van der Waals surface area contributed by atoms with Crippen LogP contribution in [0.1, 0.15) is 23.1 Å². The Morgan fingerprint density at radius 1 is 1.10 bits per heavy atom. The largest absolute Gasteiger partial charge is 0.426 e. The first-order valence-electron chi connectivity index (χ1n) is 6.57. The molecule has 0 saturated carbocycles. The van der Waals surface area contributed by atoms with Gasteiger partial charge in [-0.3, -0.25) is 4.79 Å². The molecule has 2 rings (SSSR count). The van der Waals surface area contributed by atoms with E-state index < -0.39 is 0 Å². The van der Waals surface area contributed by atoms with E-state index in [1.165, 1.54) is 0 Å². The highest BCUT2D eigenvalue weighted by Gasteiger charge is 2.10. The molecule has 0 aromatic heterocycles. The SMILES string of the molecule is Cc1cccc(C)c1OC(=O)CCc1cccc(Cl)c1. The van der Waals surface area contributed by atoms with Gasteiger partial charge in [0.1, 0.15) is 5.75 Å². The summed E-state index contributed by atoms with van der Waals surface area (Å²) < 4.78 is 5.46. The number of benzene rings is 2. The molecule has 0 spiro atoms. The molecule has 0 aliphatic heterocycles. The molecule has 0 N–H and O–H groups in total. The van der Waals surface area contributed by atoms with Crippen molar-refractivity contribution in [2.45, 2.75) is 26.7 Å². The summed E-state index contributed by atoms with van der Waals surface area (Å²) in [5.41, 5.74) is 2.98. The van der Waals surface area contributed by atoms with Gasteiger partial charge in [0.05, 0.1) is 0 Å². The Balaban J connectivity index is 1.96. The Hall–Kier alpha value is -1.80. The molecule has 2 aromatic carbocycles. The number of ether oxygens (including phenoxy) is 1. The second-order valence-corrected chi connectivity index (χ2v) is 5.26. The Labute approximate surface area is 124 Å². The highest BCUT2D eigenvalue weighted by atomic mass is 35.5. The minimum Gasteiger partial charge on any atom is -0.426 e. The number of hydrogen-bond acceptors (Lipinski definition) is 2. The molecule has 0 aliphatic rings. The van der Waals surface area contributed by atoms with Crippen molar-refractivity contribution in [1.29, 1.82) is 0 Å². The molecule has 2 nitrogen and oxygen atoms in total. The molecule has 0 fully saturated rings. The summed E-state index contributed by atoms with van der Waals surface area (Å²) in [4.78, 5) is 11.9. The van der Waals surface area contributed by atoms with Crippen LogP contribution in [0.2, 0.25) is 5.02 Å². The first kappa shape index (κ1) is 14.6. The molecule has 0 saturated heterocycles. The smallest absolute Gasteiger partial charge is 0.311 e. The summed E-state index contributed by atoms with van der Waals surface area (Å²) in [6.45, 7) is 3.87. The molecule has 104 valence electrons. The van der Waals surface area contributed by atoms with E-state index in [0.29, 0.717) is 23.6 Å². The summed E-state index contributed by atoms with van der Waals surface area (Å²) in [6.07, 6.45) is 0.971. The van der Waals surface area contributed by atoms with Crippen molar-refractivity contribution in [3.8, 4) is 5.75 Å². The third-order valence-electron chi connectivity index (χ3n) is 3.13. The first-order valence-corrected chi connectivity index (χ1v) is 6.95. The van der Waals surface area contributed by atoms with E-state index in [1.54, 1.807) is 0 Å². The number of esters is 1. The van der Waals surface area contributed by atoms with Crippen LogP contribution >= 0.6 is 11.6 Å². The third kappa shape index (κ3) is 3.84. The quantitative estimate of drug-likeness (QED) is 0.612. The van der Waals surface area contributed by atoms with Crippen molar-refractivity contribution in [1.82, 2.24) is 0 Å². The molecule has 0 bridgehead atoms. The van der Waals surface area contributed by atoms with Crippen molar-refractivity contribution in [3.63, 3.8) is 0 Å². The van der Waals surface area contributed by atoms with Gasteiger partial charge in [0.2, 0.25) is 0 Å². The van der Waals surface area contributed by atoms with Crippen molar-refractivity contribution in [2.24, 2.45) is 0 Å². The number of rotatable bonds is 4. The molecular formula is C17H17ClO2. The predicted octanol–water partition coefficient (Wildman–Crippen LogP) is 4.50. The van der Waals surface area contributed by atoms with Crippen LogP contribution in [0, 0.1) is 13.8 Å². The highest BCUT2D eigenvalue weighted by molar-refractivity contribution is 6.30. The number of hydrogen-bond donors (Lipinski definition) is 0. The topological polar surface area (TPSA) is 26.3 Å². The van der Waals surface area contributed by atoms with E-state index in [4.69, 9.17) is 16.3 Å². The normalized spacial score (nSPS) is 10.3. The Morgan fingerprint density at radius 3 is 2.40 bits per heavy atom. The van der Waals surface area contributed by atoms with Crippen molar-refractivity contribution >= 4 is 17.6 Å². The summed E-state index contributed by atoms with van der Waals surface area (Å²) in [5, 5.41) is 0.686. The van der Waals surface area contributed by atoms with Crippen LogP contribution in [-0.2, 0) is 11.2 Å². The standard InChI is InChI=1S/C17H17ClO2/c1-12-5-3-6-13(2)17(12)20-16(19)10-9-14-7-4-8-15(18)11-14/h3-8,11H,9-10H2,1-2H3. The lowest BCUT2D eigenvalue weighted by Gasteiger charge is -2.10. The minimum atomic E-state index is -0.220. The monoisotopic (exact) mass is 288 g/mol. The summed E-state index contributed by atoms with van der Waals surface area (Å²) in [6, 6.07) is 13.4. The lowest BCUT2D eigenvalue weighted by atomic mass is 10.1. The molecule has 0 heterocycles. The lowest BCUT2D eigenvalue weighted by molar-refractivity contribution is -0.134. The van der Waals surface area contributed by atoms with Gasteiger partial charge >= 0.3 is 5.97 Å². The second kappa shape index (κ2) is 6.58. The number of para-hydroxylation sites is 1. The van der Waals surface area contributed by atoms with E-state index in [-0.39, 0.29) is 5.97 Å². The van der Waals surface area contributed by atoms with Gasteiger partial charge in [-0.1, -0.05) is 41.9 Å². The molecule has 2 aromatic rings. The molecule has 0 unspecified atom stereocenters. The van der Waals surface area contributed by atoms with Gasteiger partial charge < -0.3 is 4.74 Å². The van der Waals surface area contributed by atoms with Gasteiger partial charge in [0.15, 0.2) is 0 Å². The average Bonchev–Trinajstić information content (AvgIpc) is 2.41. The number of aryl methyl sites for hydroxylation is 3. The van der Waals surface area contributed by atoms with Crippen LogP contribution in [0.25, 0.3) is 0 Å². The maximum Gasteiger partial charge on any atom is 0.311 e. The number of carbonyl (C=O) groups excluding carboxylic acids is 1. The first-order chi connectivity index (χ1) is 9.56. The fraction of sp³-hybridized carbons (Fsp3) is 0.235. The zero-order chi connectivity index (χ0) is 14.5. The van der Waals surface area contributed by atoms with E-state index in [2.05, 4.69) is 0 Å². The molecule has 0 radical (unpaired) electrons. The van der Waals surface area contributed by atoms with E-state index in [9.17, 15) is 4.79 Å². The summed E-state index contributed by atoms with van der Waals surface area (Å²) in [7, 11) is 0. The lowest BCUT2D eigenvalue weighted by Crippen LogP contribution is -2.10. The van der Waals surface area contributed by atoms with Crippen molar-refractivity contribution < 1.29 is 9.53 Å². The zero-order valence-electron chi connectivity index (χ0n) is 11.7. The van der Waals surface area contributed by atoms with E-state index in [1.807, 2.05) is 56.3 Å². The molecule has 0 atom stereocenters. The number of halogens is 1. The van der Waals surface area contributed by atoms with Gasteiger partial charge in [-0.15, -0.1) is 0 Å². The Morgan fingerprint density at radius 2 is 1.75 bits per heavy atom. The predicted molar refractivity (Wildman–Crippen MR) is 81.3 cm³/mol. The van der Waals surface area contributed by atoms with Crippen LogP contribution in [0.4, 0.5) is 0 Å². The van der Waals surface area contributed by atoms with Crippen LogP contribution in [0.15, 0.2) is 42.5 Å². The second-order valence-electron chi connectivity index (χ2n) is 4.82. The van der Waals surface area contributed by atoms with Crippen molar-refractivity contribution in [3.05, 3.63) is 64.2 Å². The maximum atomic E-state index is 11.9. The van der Waals surface area contributed by atoms with Gasteiger partial charge in [-0.05, 0) is 49.1 Å². The molecule has 0 amide bonds. The van der Waals surface area contributed by atoms with Crippen LogP contribution in [0.3, 0.4) is 0 Å². The van der Waals surface area contributed by atoms with Crippen LogP contribution in [-0.4, -0.2) is 5.97 Å². The fourth-order valence-corrected chi connectivity index (χ4v) is 2.28. The van der Waals surface area contributed by atoms with Gasteiger partial charge in [-0.25, -0.2) is 0 Å². The summed E-state index contributed by atoms with van der Waals surface area (Å²) >= 11 is 5.92. The fourth-order valence-electron chi connectivity index (χ4n) is 2.06. The summed E-state index contributed by atoms with van der Waals surface area (Å²) in [5.74, 6) is 0.450. The Bertz CT molecular complexity index is 600. The zero-order valence-corrected chi connectivity index (χ0v) is 12.4. The van der Waals surface area contributed by atoms with E-state index >= 15 is 0 Å². The molecular weight excluding hydrogens is 272 g/mol. The van der Waals surface area contributed by atoms with Crippen LogP contribution in [0.5, 0.6) is 5.75 Å². The highest BCUT2D eigenvalue weighted by Crippen LogP contribution is 2.23. The minimum absolute atomic E-state index is 0.220. The average molecular weight is 289 g/mol. The van der Waals surface area contributed by atoms with Gasteiger partial charge in [-0.2, -0.15) is 0 Å². The maximum absolute atomic E-state index is 11.9. The number of carbonyl (C=O) groups is 1. The molecule has 3 heteroatoms. The van der Waals surface area contributed by atoms with Crippen LogP contribution < -0.4 is 4.74 Å². The third-order valence-corrected chi connectivity index (χ3v) is 3.37. The Kier molecular flexibility index (Phi) is 4.80. The van der Waals surface area contributed by atoms with E-state index in [0.717, 1.165) is 16.7 Å². The van der Waals surface area contributed by atoms with Gasteiger partial charge in [0, 0.05) is 11.4 Å². The molecule has 0 aliphatic carbocycles. The molecule has 20 heavy (non-hydrogen) atoms. The van der Waals surface area contributed by atoms with Gasteiger partial charge in [0.25, 0.3) is 0 Å².